The summed E-state index contributed by atoms with van der Waals surface area (Å²) >= 11 is 0. The molecule has 2 N–H and O–H groups in total. The van der Waals surface area contributed by atoms with Crippen molar-refractivity contribution in [1.82, 2.24) is 9.97 Å². The maximum atomic E-state index is 9.72. The van der Waals surface area contributed by atoms with Gasteiger partial charge in [0.05, 0.1) is 17.4 Å². The standard InChI is InChI=1S/C22H19N5O2/c23-12-14-11-15(5-6-18(14)27-9-7-16(28)8-10-27)26-22-21-20(24-13-25-22)17-3-1-2-4-19(17)29-21/h1-6,11,13,16,28H,7-10H2,(H,24,25,26). The summed E-state index contributed by atoms with van der Waals surface area (Å²) in [5, 5.41) is 23.6. The number of aromatic nitrogens is 2. The van der Waals surface area contributed by atoms with Crippen LogP contribution in [0, 0.1) is 11.3 Å². The number of hydrogen-bond acceptors (Lipinski definition) is 7. The van der Waals surface area contributed by atoms with Crippen LogP contribution in [0.25, 0.3) is 22.1 Å². The molecule has 0 unspecified atom stereocenters. The van der Waals surface area contributed by atoms with E-state index in [2.05, 4.69) is 26.3 Å². The van der Waals surface area contributed by atoms with Gasteiger partial charge in [0.25, 0.3) is 0 Å². The Morgan fingerprint density at radius 2 is 1.97 bits per heavy atom. The van der Waals surface area contributed by atoms with E-state index in [1.165, 1.54) is 6.33 Å². The number of piperidine rings is 1. The van der Waals surface area contributed by atoms with Crippen molar-refractivity contribution in [3.63, 3.8) is 0 Å². The predicted molar refractivity (Wildman–Crippen MR) is 111 cm³/mol. The topological polar surface area (TPSA) is 98.2 Å². The summed E-state index contributed by atoms with van der Waals surface area (Å²) in [5.74, 6) is 0.559. The normalized spacial score (nSPS) is 15.0. The first-order valence-corrected chi connectivity index (χ1v) is 9.59. The lowest BCUT2D eigenvalue weighted by Crippen LogP contribution is -2.36. The van der Waals surface area contributed by atoms with Crippen molar-refractivity contribution in [2.75, 3.05) is 23.3 Å². The zero-order valence-corrected chi connectivity index (χ0v) is 15.7. The van der Waals surface area contributed by atoms with Crippen LogP contribution in [0.2, 0.25) is 0 Å². The molecule has 0 amide bonds. The van der Waals surface area contributed by atoms with Crippen LogP contribution in [-0.4, -0.2) is 34.3 Å². The molecule has 4 aromatic rings. The van der Waals surface area contributed by atoms with Crippen molar-refractivity contribution >= 4 is 39.3 Å². The molecular weight excluding hydrogens is 366 g/mol. The van der Waals surface area contributed by atoms with Gasteiger partial charge in [-0.25, -0.2) is 9.97 Å². The van der Waals surface area contributed by atoms with E-state index in [0.717, 1.165) is 53.8 Å². The molecule has 2 aromatic heterocycles. The molecule has 7 heteroatoms. The number of rotatable bonds is 3. The van der Waals surface area contributed by atoms with Gasteiger partial charge in [0, 0.05) is 24.2 Å². The Hall–Kier alpha value is -3.63. The Balaban J connectivity index is 1.49. The van der Waals surface area contributed by atoms with Gasteiger partial charge in [-0.2, -0.15) is 5.26 Å². The number of hydrogen-bond donors (Lipinski definition) is 2. The van der Waals surface area contributed by atoms with Crippen LogP contribution in [-0.2, 0) is 0 Å². The van der Waals surface area contributed by atoms with E-state index in [1.54, 1.807) is 0 Å². The zero-order valence-electron chi connectivity index (χ0n) is 15.7. The third kappa shape index (κ3) is 3.13. The van der Waals surface area contributed by atoms with Crippen LogP contribution in [0.3, 0.4) is 0 Å². The summed E-state index contributed by atoms with van der Waals surface area (Å²) < 4.78 is 5.96. The van der Waals surface area contributed by atoms with Crippen LogP contribution >= 0.6 is 0 Å². The molecule has 0 spiro atoms. The van der Waals surface area contributed by atoms with Gasteiger partial charge in [0.1, 0.15) is 23.5 Å². The number of nitrogens with zero attached hydrogens (tertiary/aromatic N) is 4. The average Bonchev–Trinajstić information content (AvgIpc) is 3.14. The monoisotopic (exact) mass is 385 g/mol. The van der Waals surface area contributed by atoms with E-state index >= 15 is 0 Å². The highest BCUT2D eigenvalue weighted by Crippen LogP contribution is 2.33. The fourth-order valence-electron chi connectivity index (χ4n) is 3.84. The number of benzene rings is 2. The second-order valence-corrected chi connectivity index (χ2v) is 7.19. The smallest absolute Gasteiger partial charge is 0.196 e. The number of nitrogens with one attached hydrogen (secondary N) is 1. The average molecular weight is 385 g/mol. The lowest BCUT2D eigenvalue weighted by molar-refractivity contribution is 0.145. The Morgan fingerprint density at radius 1 is 1.14 bits per heavy atom. The number of aliphatic hydroxyl groups is 1. The third-order valence-electron chi connectivity index (χ3n) is 5.34. The van der Waals surface area contributed by atoms with Crippen molar-refractivity contribution in [3.05, 3.63) is 54.4 Å². The maximum absolute atomic E-state index is 9.72. The second-order valence-electron chi connectivity index (χ2n) is 7.19. The van der Waals surface area contributed by atoms with E-state index in [1.807, 2.05) is 42.5 Å². The summed E-state index contributed by atoms with van der Waals surface area (Å²) in [4.78, 5) is 10.8. The third-order valence-corrected chi connectivity index (χ3v) is 5.34. The first kappa shape index (κ1) is 17.5. The molecule has 0 bridgehead atoms. The minimum absolute atomic E-state index is 0.248. The Morgan fingerprint density at radius 3 is 2.79 bits per heavy atom. The van der Waals surface area contributed by atoms with Gasteiger partial charge in [-0.05, 0) is 43.2 Å². The van der Waals surface area contributed by atoms with Crippen LogP contribution in [0.4, 0.5) is 17.2 Å². The lowest BCUT2D eigenvalue weighted by atomic mass is 10.0. The first-order valence-electron chi connectivity index (χ1n) is 9.59. The molecule has 2 aromatic carbocycles. The second kappa shape index (κ2) is 7.08. The van der Waals surface area contributed by atoms with Crippen molar-refractivity contribution < 1.29 is 9.52 Å². The molecule has 0 atom stereocenters. The minimum Gasteiger partial charge on any atom is -0.450 e. The molecule has 29 heavy (non-hydrogen) atoms. The van der Waals surface area contributed by atoms with Crippen molar-refractivity contribution in [3.8, 4) is 6.07 Å². The maximum Gasteiger partial charge on any atom is 0.196 e. The molecular formula is C22H19N5O2. The van der Waals surface area contributed by atoms with Gasteiger partial charge in [-0.1, -0.05) is 12.1 Å². The summed E-state index contributed by atoms with van der Waals surface area (Å²) in [6.45, 7) is 1.49. The highest BCUT2D eigenvalue weighted by atomic mass is 16.3. The van der Waals surface area contributed by atoms with Gasteiger partial charge in [0.2, 0.25) is 0 Å². The Bertz CT molecular complexity index is 1240. The van der Waals surface area contributed by atoms with Crippen molar-refractivity contribution in [1.29, 1.82) is 5.26 Å². The van der Waals surface area contributed by atoms with Crippen LogP contribution < -0.4 is 10.2 Å². The molecule has 1 fully saturated rings. The Labute approximate surface area is 167 Å². The summed E-state index contributed by atoms with van der Waals surface area (Å²) in [5.41, 5.74) is 4.32. The molecule has 0 aliphatic carbocycles. The van der Waals surface area contributed by atoms with Crippen LogP contribution in [0.1, 0.15) is 18.4 Å². The number of fused-ring (bicyclic) bond motifs is 3. The predicted octanol–water partition coefficient (Wildman–Crippen LogP) is 3.95. The van der Waals surface area contributed by atoms with Crippen LogP contribution in [0.5, 0.6) is 0 Å². The Kier molecular flexibility index (Phi) is 4.26. The number of aliphatic hydroxyl groups excluding tert-OH is 1. The number of furan rings is 1. The SMILES string of the molecule is N#Cc1cc(Nc2ncnc3c2oc2ccccc23)ccc1N1CCC(O)CC1. The van der Waals surface area contributed by atoms with E-state index in [0.29, 0.717) is 17.0 Å². The van der Waals surface area contributed by atoms with Gasteiger partial charge < -0.3 is 19.7 Å². The first-order chi connectivity index (χ1) is 14.2. The fraction of sp³-hybridized carbons (Fsp3) is 0.227. The highest BCUT2D eigenvalue weighted by Gasteiger charge is 2.20. The largest absolute Gasteiger partial charge is 0.450 e. The van der Waals surface area contributed by atoms with E-state index in [9.17, 15) is 10.4 Å². The molecule has 5 rings (SSSR count). The molecule has 1 aliphatic rings. The number of anilines is 3. The minimum atomic E-state index is -0.248. The molecule has 0 saturated carbocycles. The number of para-hydroxylation sites is 1. The summed E-state index contributed by atoms with van der Waals surface area (Å²) in [6.07, 6.45) is 2.69. The highest BCUT2D eigenvalue weighted by molar-refractivity contribution is 6.05. The van der Waals surface area contributed by atoms with Crippen molar-refractivity contribution in [2.24, 2.45) is 0 Å². The summed E-state index contributed by atoms with van der Waals surface area (Å²) in [7, 11) is 0. The zero-order chi connectivity index (χ0) is 19.8. The van der Waals surface area contributed by atoms with E-state index in [-0.39, 0.29) is 6.10 Å². The van der Waals surface area contributed by atoms with Gasteiger partial charge >= 0.3 is 0 Å². The van der Waals surface area contributed by atoms with E-state index < -0.39 is 0 Å². The quantitative estimate of drug-likeness (QED) is 0.551. The van der Waals surface area contributed by atoms with Gasteiger partial charge in [0.15, 0.2) is 11.4 Å². The van der Waals surface area contributed by atoms with Gasteiger partial charge in [-0.15, -0.1) is 0 Å². The van der Waals surface area contributed by atoms with Crippen LogP contribution in [0.15, 0.2) is 53.2 Å². The van der Waals surface area contributed by atoms with Crippen molar-refractivity contribution in [2.45, 2.75) is 18.9 Å². The van der Waals surface area contributed by atoms with Gasteiger partial charge in [-0.3, -0.25) is 0 Å². The molecule has 3 heterocycles. The molecule has 144 valence electrons. The molecule has 0 radical (unpaired) electrons. The fourth-order valence-corrected chi connectivity index (χ4v) is 3.84. The molecule has 1 saturated heterocycles. The molecule has 1 aliphatic heterocycles. The lowest BCUT2D eigenvalue weighted by Gasteiger charge is -2.32. The molecule has 7 nitrogen and oxygen atoms in total. The van der Waals surface area contributed by atoms with E-state index in [4.69, 9.17) is 4.42 Å². The summed E-state index contributed by atoms with van der Waals surface area (Å²) in [6, 6.07) is 15.7. The number of nitriles is 1.